The molecule has 3 atom stereocenters. The fraction of sp³-hybridized carbons (Fsp3) is 0.400. The molecule has 4 aliphatic rings. The van der Waals surface area contributed by atoms with Crippen LogP contribution in [0.3, 0.4) is 0 Å². The van der Waals surface area contributed by atoms with Crippen LogP contribution < -0.4 is 15.2 Å². The molecule has 6 rings (SSSR count). The van der Waals surface area contributed by atoms with Crippen LogP contribution >= 0.6 is 0 Å². The molecular weight excluding hydrogens is 500 g/mol. The average Bonchev–Trinajstić information content (AvgIpc) is 2.92. The lowest BCUT2D eigenvalue weighted by Crippen LogP contribution is -2.41. The van der Waals surface area contributed by atoms with Gasteiger partial charge in [0.15, 0.2) is 0 Å². The van der Waals surface area contributed by atoms with Gasteiger partial charge in [0, 0.05) is 18.8 Å². The molecule has 0 spiro atoms. The highest BCUT2D eigenvalue weighted by atomic mass is 16.5. The number of allylic oxidation sites excluding steroid dienone is 6. The maximum atomic E-state index is 13.6. The number of rotatable bonds is 7. The Kier molecular flexibility index (Phi) is 6.44. The minimum atomic E-state index is -0.936. The van der Waals surface area contributed by atoms with Crippen molar-refractivity contribution < 1.29 is 23.9 Å². The second-order valence-corrected chi connectivity index (χ2v) is 12.6. The van der Waals surface area contributed by atoms with Gasteiger partial charge in [0.25, 0.3) is 0 Å². The number of carbonyl (C=O) groups is 3. The molecule has 5 heteroatoms. The molecule has 2 aromatic carbocycles. The van der Waals surface area contributed by atoms with Crippen LogP contribution in [0.5, 0.6) is 5.75 Å². The van der Waals surface area contributed by atoms with Gasteiger partial charge in [-0.25, -0.2) is 0 Å². The van der Waals surface area contributed by atoms with E-state index in [0.29, 0.717) is 25.0 Å². The third-order valence-corrected chi connectivity index (χ3v) is 9.08. The number of benzene rings is 2. The summed E-state index contributed by atoms with van der Waals surface area (Å²) in [6, 6.07) is 8.14. The van der Waals surface area contributed by atoms with Crippen LogP contribution in [0.4, 0.5) is 0 Å². The lowest BCUT2D eigenvalue weighted by Gasteiger charge is -2.35. The highest BCUT2D eigenvalue weighted by Crippen LogP contribution is 2.42. The zero-order valence-corrected chi connectivity index (χ0v) is 23.7. The first-order chi connectivity index (χ1) is 19.1. The standard InChI is InChI=1S/C35H36O5/c1-5-35(4,33(38)39-27-11-7-10-26(36)19-27)20-34(2,3)32(37)40-28-17-24-15-14-22-13-12-21-8-6-9-23-16-25(18-28)30(24)31(22)29(21)23/h6,8-9,12-18,27,29H,5,7,10-11,19-20H2,1-4H3. The number of hydrogen-bond donors (Lipinski definition) is 0. The van der Waals surface area contributed by atoms with E-state index in [1.165, 1.54) is 27.3 Å². The molecule has 5 nitrogen and oxygen atoms in total. The first-order valence-corrected chi connectivity index (χ1v) is 14.4. The van der Waals surface area contributed by atoms with Crippen molar-refractivity contribution in [3.63, 3.8) is 0 Å². The number of carbonyl (C=O) groups excluding carboxylic acids is 3. The highest BCUT2D eigenvalue weighted by molar-refractivity contribution is 5.95. The second kappa shape index (κ2) is 9.72. The van der Waals surface area contributed by atoms with Gasteiger partial charge in [-0.1, -0.05) is 55.5 Å². The summed E-state index contributed by atoms with van der Waals surface area (Å²) >= 11 is 0. The summed E-state index contributed by atoms with van der Waals surface area (Å²) in [5.41, 5.74) is 2.04. The minimum Gasteiger partial charge on any atom is -0.461 e. The van der Waals surface area contributed by atoms with Crippen LogP contribution in [0.2, 0.25) is 0 Å². The van der Waals surface area contributed by atoms with Gasteiger partial charge in [-0.15, -0.1) is 0 Å². The van der Waals surface area contributed by atoms with Gasteiger partial charge in [-0.05, 0) is 96.5 Å². The van der Waals surface area contributed by atoms with Crippen LogP contribution in [-0.4, -0.2) is 23.8 Å². The van der Waals surface area contributed by atoms with Crippen molar-refractivity contribution in [2.75, 3.05) is 0 Å². The summed E-state index contributed by atoms with van der Waals surface area (Å²) in [6.45, 7) is 7.42. The van der Waals surface area contributed by atoms with E-state index in [2.05, 4.69) is 48.6 Å². The van der Waals surface area contributed by atoms with E-state index in [9.17, 15) is 14.4 Å². The fourth-order valence-electron chi connectivity index (χ4n) is 6.80. The zero-order valence-electron chi connectivity index (χ0n) is 23.7. The fourth-order valence-corrected chi connectivity index (χ4v) is 6.80. The zero-order chi connectivity index (χ0) is 28.2. The molecule has 0 saturated heterocycles. The maximum Gasteiger partial charge on any atom is 0.316 e. The SMILES string of the molecule is CCC(C)(CC(C)(C)C(=O)Oc1cc2c3c4c(ccc3c1)=CC=C1C=CC=C(C=2)C14)C(=O)OC1CCCC(=O)C1. The average molecular weight is 537 g/mol. The summed E-state index contributed by atoms with van der Waals surface area (Å²) in [4.78, 5) is 38.7. The highest BCUT2D eigenvalue weighted by Gasteiger charge is 2.44. The first kappa shape index (κ1) is 26.5. The second-order valence-electron chi connectivity index (χ2n) is 12.6. The van der Waals surface area contributed by atoms with Gasteiger partial charge in [-0.3, -0.25) is 14.4 Å². The van der Waals surface area contributed by atoms with Crippen LogP contribution in [-0.2, 0) is 19.1 Å². The van der Waals surface area contributed by atoms with Gasteiger partial charge >= 0.3 is 11.9 Å². The van der Waals surface area contributed by atoms with Gasteiger partial charge in [-0.2, -0.15) is 0 Å². The predicted octanol–water partition coefficient (Wildman–Crippen LogP) is 5.73. The van der Waals surface area contributed by atoms with Crippen LogP contribution in [0.1, 0.15) is 77.7 Å². The van der Waals surface area contributed by atoms with Crippen molar-refractivity contribution in [1.29, 1.82) is 0 Å². The summed E-state index contributed by atoms with van der Waals surface area (Å²) in [6.07, 6.45) is 15.7. The Morgan fingerprint density at radius 1 is 1.00 bits per heavy atom. The van der Waals surface area contributed by atoms with E-state index in [0.717, 1.165) is 17.0 Å². The van der Waals surface area contributed by atoms with E-state index < -0.39 is 10.8 Å². The molecule has 1 saturated carbocycles. The summed E-state index contributed by atoms with van der Waals surface area (Å²) in [5.74, 6) is 0.148. The Hall–Kier alpha value is -3.73. The molecule has 0 bridgehead atoms. The monoisotopic (exact) mass is 536 g/mol. The lowest BCUT2D eigenvalue weighted by molar-refractivity contribution is -0.166. The van der Waals surface area contributed by atoms with Gasteiger partial charge < -0.3 is 9.47 Å². The minimum absolute atomic E-state index is 0.139. The maximum absolute atomic E-state index is 13.6. The molecule has 1 fully saturated rings. The van der Waals surface area contributed by atoms with Crippen molar-refractivity contribution in [3.8, 4) is 5.75 Å². The topological polar surface area (TPSA) is 69.7 Å². The summed E-state index contributed by atoms with van der Waals surface area (Å²) < 4.78 is 11.8. The molecule has 4 aliphatic carbocycles. The molecule has 0 aromatic heterocycles. The number of Topliss-reactive ketones (excluding diaryl/α,β-unsaturated/α-hetero) is 1. The van der Waals surface area contributed by atoms with E-state index >= 15 is 0 Å². The quantitative estimate of drug-likeness (QED) is 0.334. The molecule has 0 N–H and O–H groups in total. The molecule has 0 aliphatic heterocycles. The molecular formula is C35H36O5. The summed E-state index contributed by atoms with van der Waals surface area (Å²) in [5, 5.41) is 4.52. The molecule has 0 heterocycles. The van der Waals surface area contributed by atoms with E-state index in [1.807, 2.05) is 39.8 Å². The smallest absolute Gasteiger partial charge is 0.316 e. The van der Waals surface area contributed by atoms with Crippen LogP contribution in [0.25, 0.3) is 22.9 Å². The molecule has 0 radical (unpaired) electrons. The number of hydrogen-bond acceptors (Lipinski definition) is 5. The first-order valence-electron chi connectivity index (χ1n) is 14.4. The van der Waals surface area contributed by atoms with Crippen molar-refractivity contribution in [1.82, 2.24) is 0 Å². The largest absolute Gasteiger partial charge is 0.461 e. The van der Waals surface area contributed by atoms with E-state index in [1.54, 1.807) is 0 Å². The Bertz CT molecular complexity index is 1670. The van der Waals surface area contributed by atoms with Crippen molar-refractivity contribution in [2.45, 2.75) is 78.2 Å². The number of esters is 2. The Morgan fingerprint density at radius 2 is 1.82 bits per heavy atom. The van der Waals surface area contributed by atoms with Gasteiger partial charge in [0.1, 0.15) is 17.6 Å². The molecule has 2 aromatic rings. The van der Waals surface area contributed by atoms with Crippen molar-refractivity contribution in [2.24, 2.45) is 10.8 Å². The summed E-state index contributed by atoms with van der Waals surface area (Å²) in [7, 11) is 0. The molecule has 206 valence electrons. The molecule has 3 unspecified atom stereocenters. The van der Waals surface area contributed by atoms with E-state index in [-0.39, 0.29) is 42.6 Å². The lowest BCUT2D eigenvalue weighted by atomic mass is 9.72. The van der Waals surface area contributed by atoms with Crippen molar-refractivity contribution >= 4 is 40.6 Å². The number of ketones is 1. The third-order valence-electron chi connectivity index (χ3n) is 9.08. The normalized spacial score (nSPS) is 22.4. The molecule has 0 amide bonds. The van der Waals surface area contributed by atoms with Gasteiger partial charge in [0.2, 0.25) is 0 Å². The molecule has 40 heavy (non-hydrogen) atoms. The van der Waals surface area contributed by atoms with Gasteiger partial charge in [0.05, 0.1) is 10.8 Å². The Morgan fingerprint density at radius 3 is 2.60 bits per heavy atom. The Labute approximate surface area is 234 Å². The third kappa shape index (κ3) is 4.55. The number of ether oxygens (including phenoxy) is 2. The van der Waals surface area contributed by atoms with Crippen molar-refractivity contribution in [3.05, 3.63) is 75.7 Å². The predicted molar refractivity (Wildman–Crippen MR) is 156 cm³/mol. The van der Waals surface area contributed by atoms with Crippen LogP contribution in [0.15, 0.2) is 59.7 Å². The van der Waals surface area contributed by atoms with Crippen LogP contribution in [0, 0.1) is 10.8 Å². The van der Waals surface area contributed by atoms with E-state index in [4.69, 9.17) is 9.47 Å². The Balaban J connectivity index is 1.25.